The SMILES string of the molecule is CCCCCCCCCCCCc1ccc(-c2ccc(-c3ccc(CCCCCCCCCCCC)cc3)cc2)cc1. The minimum Gasteiger partial charge on any atom is -0.0654 e. The third-order valence-corrected chi connectivity index (χ3v) is 9.10. The quantitative estimate of drug-likeness (QED) is 0.0946. The topological polar surface area (TPSA) is 0 Å². The Morgan fingerprint density at radius 3 is 0.738 bits per heavy atom. The Labute approximate surface area is 260 Å². The van der Waals surface area contributed by atoms with Crippen molar-refractivity contribution in [1.82, 2.24) is 0 Å². The molecule has 0 heteroatoms. The molecule has 42 heavy (non-hydrogen) atoms. The van der Waals surface area contributed by atoms with E-state index in [2.05, 4.69) is 86.6 Å². The van der Waals surface area contributed by atoms with E-state index >= 15 is 0 Å². The maximum absolute atomic E-state index is 2.34. The van der Waals surface area contributed by atoms with Gasteiger partial charge in [0.1, 0.15) is 0 Å². The average molecular weight is 567 g/mol. The second-order valence-electron chi connectivity index (χ2n) is 12.8. The Bertz CT molecular complexity index is 938. The van der Waals surface area contributed by atoms with Gasteiger partial charge < -0.3 is 0 Å². The van der Waals surface area contributed by atoms with Crippen LogP contribution in [0, 0.1) is 0 Å². The van der Waals surface area contributed by atoms with Crippen molar-refractivity contribution in [2.45, 2.75) is 155 Å². The van der Waals surface area contributed by atoms with E-state index in [0.717, 1.165) is 0 Å². The van der Waals surface area contributed by atoms with Gasteiger partial charge in [-0.3, -0.25) is 0 Å². The highest BCUT2D eigenvalue weighted by Gasteiger charge is 2.03. The lowest BCUT2D eigenvalue weighted by atomic mass is 9.97. The lowest BCUT2D eigenvalue weighted by Crippen LogP contribution is -1.88. The molecule has 0 radical (unpaired) electrons. The predicted octanol–water partition coefficient (Wildman–Crippen LogP) is 13.9. The summed E-state index contributed by atoms with van der Waals surface area (Å²) in [7, 11) is 0. The van der Waals surface area contributed by atoms with Crippen LogP contribution >= 0.6 is 0 Å². The molecule has 3 rings (SSSR count). The predicted molar refractivity (Wildman–Crippen MR) is 188 cm³/mol. The highest BCUT2D eigenvalue weighted by molar-refractivity contribution is 5.70. The van der Waals surface area contributed by atoms with Crippen molar-refractivity contribution >= 4 is 0 Å². The number of aryl methyl sites for hydroxylation is 2. The zero-order valence-electron chi connectivity index (χ0n) is 27.5. The zero-order valence-corrected chi connectivity index (χ0v) is 27.5. The van der Waals surface area contributed by atoms with Gasteiger partial charge in [-0.1, -0.05) is 202 Å². The molecule has 0 aliphatic heterocycles. The molecule has 0 N–H and O–H groups in total. The fourth-order valence-corrected chi connectivity index (χ4v) is 6.22. The highest BCUT2D eigenvalue weighted by atomic mass is 14.1. The van der Waals surface area contributed by atoms with Crippen LogP contribution in [0.1, 0.15) is 153 Å². The van der Waals surface area contributed by atoms with Crippen LogP contribution < -0.4 is 0 Å². The fourth-order valence-electron chi connectivity index (χ4n) is 6.22. The standard InChI is InChI=1S/C42H62/c1-3-5-7-9-11-13-15-17-19-21-23-37-25-29-39(30-26-37)41-33-35-42(36-34-41)40-31-27-38(28-32-40)24-22-20-18-16-14-12-10-8-6-4-2/h25-36H,3-24H2,1-2H3. The summed E-state index contributed by atoms with van der Waals surface area (Å²) in [6, 6.07) is 27.7. The summed E-state index contributed by atoms with van der Waals surface area (Å²) < 4.78 is 0. The molecule has 0 spiro atoms. The fraction of sp³-hybridized carbons (Fsp3) is 0.571. The van der Waals surface area contributed by atoms with Crippen LogP contribution in [0.3, 0.4) is 0 Å². The third kappa shape index (κ3) is 14.2. The molecule has 0 amide bonds. The molecule has 0 aliphatic rings. The Hall–Kier alpha value is -2.34. The van der Waals surface area contributed by atoms with Crippen molar-refractivity contribution in [3.63, 3.8) is 0 Å². The number of rotatable bonds is 24. The zero-order chi connectivity index (χ0) is 29.5. The maximum Gasteiger partial charge on any atom is -0.0184 e. The second-order valence-corrected chi connectivity index (χ2v) is 12.8. The number of benzene rings is 3. The smallest absolute Gasteiger partial charge is 0.0184 e. The Kier molecular flexibility index (Phi) is 18.1. The third-order valence-electron chi connectivity index (χ3n) is 9.10. The lowest BCUT2D eigenvalue weighted by Gasteiger charge is -2.08. The first-order chi connectivity index (χ1) is 20.8. The van der Waals surface area contributed by atoms with E-state index in [1.165, 1.54) is 175 Å². The molecule has 0 unspecified atom stereocenters. The molecule has 0 nitrogen and oxygen atoms in total. The maximum atomic E-state index is 2.34. The van der Waals surface area contributed by atoms with Crippen LogP contribution in [-0.4, -0.2) is 0 Å². The summed E-state index contributed by atoms with van der Waals surface area (Å²) in [6.45, 7) is 4.59. The van der Waals surface area contributed by atoms with E-state index in [9.17, 15) is 0 Å². The van der Waals surface area contributed by atoms with Crippen LogP contribution in [0.5, 0.6) is 0 Å². The van der Waals surface area contributed by atoms with Crippen LogP contribution in [0.25, 0.3) is 22.3 Å². The van der Waals surface area contributed by atoms with Gasteiger partial charge in [0, 0.05) is 0 Å². The molecule has 3 aromatic carbocycles. The second kappa shape index (κ2) is 22.2. The summed E-state index contributed by atoms with van der Waals surface area (Å²) in [5, 5.41) is 0. The van der Waals surface area contributed by atoms with Crippen molar-refractivity contribution in [2.24, 2.45) is 0 Å². The molecule has 0 saturated carbocycles. The van der Waals surface area contributed by atoms with Crippen molar-refractivity contribution in [3.05, 3.63) is 83.9 Å². The molecule has 0 atom stereocenters. The molecule has 3 aromatic rings. The molecule has 0 heterocycles. The van der Waals surface area contributed by atoms with Gasteiger partial charge in [-0.2, -0.15) is 0 Å². The van der Waals surface area contributed by atoms with Gasteiger partial charge in [0.2, 0.25) is 0 Å². The van der Waals surface area contributed by atoms with E-state index in [1.54, 1.807) is 0 Å². The summed E-state index contributed by atoms with van der Waals surface area (Å²) in [6.07, 6.45) is 30.5. The van der Waals surface area contributed by atoms with E-state index in [1.807, 2.05) is 0 Å². The molecule has 0 aliphatic carbocycles. The Morgan fingerprint density at radius 2 is 0.476 bits per heavy atom. The van der Waals surface area contributed by atoms with Crippen LogP contribution in [0.4, 0.5) is 0 Å². The molecule has 0 bridgehead atoms. The van der Waals surface area contributed by atoms with Gasteiger partial charge in [-0.05, 0) is 59.1 Å². The van der Waals surface area contributed by atoms with Crippen molar-refractivity contribution in [3.8, 4) is 22.3 Å². The van der Waals surface area contributed by atoms with E-state index < -0.39 is 0 Å². The molecular weight excluding hydrogens is 504 g/mol. The van der Waals surface area contributed by atoms with Crippen LogP contribution in [0.15, 0.2) is 72.8 Å². The molecular formula is C42H62. The van der Waals surface area contributed by atoms with E-state index in [0.29, 0.717) is 0 Å². The summed E-state index contributed by atoms with van der Waals surface area (Å²) in [5.74, 6) is 0. The minimum atomic E-state index is 1.21. The highest BCUT2D eigenvalue weighted by Crippen LogP contribution is 2.26. The number of hydrogen-bond donors (Lipinski definition) is 0. The van der Waals surface area contributed by atoms with E-state index in [4.69, 9.17) is 0 Å². The number of hydrogen-bond acceptors (Lipinski definition) is 0. The first-order valence-electron chi connectivity index (χ1n) is 18.1. The van der Waals surface area contributed by atoms with Crippen LogP contribution in [-0.2, 0) is 12.8 Å². The molecule has 230 valence electrons. The van der Waals surface area contributed by atoms with Crippen molar-refractivity contribution in [1.29, 1.82) is 0 Å². The minimum absolute atomic E-state index is 1.21. The first-order valence-corrected chi connectivity index (χ1v) is 18.1. The van der Waals surface area contributed by atoms with Crippen LogP contribution in [0.2, 0.25) is 0 Å². The number of unbranched alkanes of at least 4 members (excludes halogenated alkanes) is 18. The van der Waals surface area contributed by atoms with Gasteiger partial charge >= 0.3 is 0 Å². The largest absolute Gasteiger partial charge is 0.0654 e. The molecule has 0 fully saturated rings. The average Bonchev–Trinajstić information content (AvgIpc) is 3.03. The first kappa shape index (κ1) is 34.2. The van der Waals surface area contributed by atoms with Gasteiger partial charge in [0.15, 0.2) is 0 Å². The monoisotopic (exact) mass is 566 g/mol. The lowest BCUT2D eigenvalue weighted by molar-refractivity contribution is 0.556. The van der Waals surface area contributed by atoms with Crippen molar-refractivity contribution < 1.29 is 0 Å². The van der Waals surface area contributed by atoms with Gasteiger partial charge in [-0.15, -0.1) is 0 Å². The van der Waals surface area contributed by atoms with Gasteiger partial charge in [0.05, 0.1) is 0 Å². The van der Waals surface area contributed by atoms with E-state index in [-0.39, 0.29) is 0 Å². The van der Waals surface area contributed by atoms with Gasteiger partial charge in [-0.25, -0.2) is 0 Å². The summed E-state index contributed by atoms with van der Waals surface area (Å²) in [5.41, 5.74) is 8.21. The Balaban J connectivity index is 1.30. The van der Waals surface area contributed by atoms with Gasteiger partial charge in [0.25, 0.3) is 0 Å². The van der Waals surface area contributed by atoms with Crippen molar-refractivity contribution in [2.75, 3.05) is 0 Å². The molecule has 0 aromatic heterocycles. The Morgan fingerprint density at radius 1 is 0.262 bits per heavy atom. The normalized spacial score (nSPS) is 11.3. The summed E-state index contributed by atoms with van der Waals surface area (Å²) in [4.78, 5) is 0. The summed E-state index contributed by atoms with van der Waals surface area (Å²) >= 11 is 0. The molecule has 0 saturated heterocycles.